The molecule has 1 aromatic rings. The third-order valence-corrected chi connectivity index (χ3v) is 2.64. The zero-order valence-electron chi connectivity index (χ0n) is 8.41. The molecule has 0 spiro atoms. The third-order valence-electron chi connectivity index (χ3n) is 2.64. The van der Waals surface area contributed by atoms with Gasteiger partial charge in [-0.2, -0.15) is 0 Å². The molecular weight excluding hydrogens is 210 g/mol. The van der Waals surface area contributed by atoms with Gasteiger partial charge < -0.3 is 10.2 Å². The van der Waals surface area contributed by atoms with E-state index in [-0.39, 0.29) is 0 Å². The monoisotopic (exact) mass is 221 g/mol. The van der Waals surface area contributed by atoms with Crippen LogP contribution in [0, 0.1) is 0 Å². The van der Waals surface area contributed by atoms with Crippen molar-refractivity contribution < 1.29 is 19.8 Å². The summed E-state index contributed by atoms with van der Waals surface area (Å²) >= 11 is 0. The van der Waals surface area contributed by atoms with Crippen molar-refractivity contribution in [2.45, 2.75) is 18.6 Å². The van der Waals surface area contributed by atoms with Gasteiger partial charge in [0.15, 0.2) is 0 Å². The Balaban J connectivity index is 2.06. The average Bonchev–Trinajstić information content (AvgIpc) is 2.94. The Morgan fingerprint density at radius 1 is 1.06 bits per heavy atom. The Morgan fingerprint density at radius 3 is 2.00 bits per heavy atom. The molecule has 5 nitrogen and oxygen atoms in total. The first kappa shape index (κ1) is 10.6. The highest BCUT2D eigenvalue weighted by Gasteiger charge is 2.57. The molecule has 2 N–H and O–H groups in total. The van der Waals surface area contributed by atoms with Crippen molar-refractivity contribution >= 4 is 11.9 Å². The van der Waals surface area contributed by atoms with E-state index in [4.69, 9.17) is 10.2 Å². The zero-order chi connectivity index (χ0) is 11.7. The molecule has 0 amide bonds. The average molecular weight is 221 g/mol. The highest BCUT2D eigenvalue weighted by molar-refractivity contribution is 5.91. The van der Waals surface area contributed by atoms with Crippen LogP contribution in [0.3, 0.4) is 0 Å². The van der Waals surface area contributed by atoms with Crippen LogP contribution in [0.25, 0.3) is 0 Å². The number of rotatable bonds is 4. The molecule has 84 valence electrons. The number of nitrogens with zero attached hydrogens (tertiary/aromatic N) is 1. The predicted molar refractivity (Wildman–Crippen MR) is 54.8 cm³/mol. The first-order chi connectivity index (χ1) is 7.61. The molecule has 2 unspecified atom stereocenters. The number of benzene rings is 1. The van der Waals surface area contributed by atoms with Crippen molar-refractivity contribution in [1.82, 2.24) is 4.90 Å². The van der Waals surface area contributed by atoms with E-state index in [0.717, 1.165) is 5.56 Å². The maximum Gasteiger partial charge on any atom is 0.323 e. The summed E-state index contributed by atoms with van der Waals surface area (Å²) in [5.41, 5.74) is 0.914. The maximum absolute atomic E-state index is 10.8. The number of carboxylic acids is 2. The molecule has 2 rings (SSSR count). The fourth-order valence-corrected chi connectivity index (χ4v) is 1.82. The molecule has 1 aromatic carbocycles. The van der Waals surface area contributed by atoms with Crippen LogP contribution in [0.2, 0.25) is 0 Å². The smallest absolute Gasteiger partial charge is 0.323 e. The lowest BCUT2D eigenvalue weighted by Gasteiger charge is -2.01. The fourth-order valence-electron chi connectivity index (χ4n) is 1.82. The summed E-state index contributed by atoms with van der Waals surface area (Å²) in [5, 5.41) is 17.6. The number of aliphatic carboxylic acids is 2. The molecule has 0 aliphatic carbocycles. The molecule has 1 heterocycles. The van der Waals surface area contributed by atoms with Crippen LogP contribution in [0.15, 0.2) is 30.3 Å². The molecule has 1 saturated heterocycles. The Labute approximate surface area is 91.9 Å². The van der Waals surface area contributed by atoms with Gasteiger partial charge in [0.05, 0.1) is 0 Å². The summed E-state index contributed by atoms with van der Waals surface area (Å²) in [5.74, 6) is -2.16. The molecule has 0 aromatic heterocycles. The highest BCUT2D eigenvalue weighted by Crippen LogP contribution is 2.30. The van der Waals surface area contributed by atoms with Crippen molar-refractivity contribution in [2.75, 3.05) is 0 Å². The summed E-state index contributed by atoms with van der Waals surface area (Å²) in [6.45, 7) is 0.356. The predicted octanol–water partition coefficient (Wildman–Crippen LogP) is 0.409. The SMILES string of the molecule is O=C(O)C1C(C(=O)O)N1Cc1ccccc1. The van der Waals surface area contributed by atoms with Gasteiger partial charge in [0.25, 0.3) is 0 Å². The maximum atomic E-state index is 10.8. The second kappa shape index (κ2) is 3.94. The number of carbonyl (C=O) groups is 2. The topological polar surface area (TPSA) is 77.6 Å². The first-order valence-electron chi connectivity index (χ1n) is 4.86. The summed E-state index contributed by atoms with van der Waals surface area (Å²) in [4.78, 5) is 23.0. The van der Waals surface area contributed by atoms with Crippen molar-refractivity contribution in [3.63, 3.8) is 0 Å². The van der Waals surface area contributed by atoms with Gasteiger partial charge in [-0.05, 0) is 5.56 Å². The van der Waals surface area contributed by atoms with E-state index in [1.807, 2.05) is 30.3 Å². The number of hydrogen-bond donors (Lipinski definition) is 2. The van der Waals surface area contributed by atoms with E-state index in [1.165, 1.54) is 4.90 Å². The van der Waals surface area contributed by atoms with Crippen molar-refractivity contribution in [2.24, 2.45) is 0 Å². The lowest BCUT2D eigenvalue weighted by Crippen LogP contribution is -2.14. The zero-order valence-corrected chi connectivity index (χ0v) is 8.41. The van der Waals surface area contributed by atoms with Crippen LogP contribution < -0.4 is 0 Å². The van der Waals surface area contributed by atoms with Gasteiger partial charge in [0.2, 0.25) is 0 Å². The Hall–Kier alpha value is -1.88. The number of hydrogen-bond acceptors (Lipinski definition) is 3. The Bertz CT molecular complexity index is 397. The molecule has 0 saturated carbocycles. The molecule has 1 aliphatic rings. The van der Waals surface area contributed by atoms with Crippen LogP contribution >= 0.6 is 0 Å². The largest absolute Gasteiger partial charge is 0.480 e. The van der Waals surface area contributed by atoms with Crippen molar-refractivity contribution in [1.29, 1.82) is 0 Å². The van der Waals surface area contributed by atoms with E-state index >= 15 is 0 Å². The highest BCUT2D eigenvalue weighted by atomic mass is 16.4. The van der Waals surface area contributed by atoms with Crippen molar-refractivity contribution in [3.05, 3.63) is 35.9 Å². The Morgan fingerprint density at radius 2 is 1.56 bits per heavy atom. The molecule has 1 aliphatic heterocycles. The minimum atomic E-state index is -1.08. The summed E-state index contributed by atoms with van der Waals surface area (Å²) in [7, 11) is 0. The molecule has 5 heteroatoms. The number of carboxylic acid groups (broad SMARTS) is 2. The fraction of sp³-hybridized carbons (Fsp3) is 0.273. The first-order valence-corrected chi connectivity index (χ1v) is 4.86. The van der Waals surface area contributed by atoms with Gasteiger partial charge >= 0.3 is 11.9 Å². The Kier molecular flexibility index (Phi) is 2.62. The van der Waals surface area contributed by atoms with Gasteiger partial charge in [-0.15, -0.1) is 0 Å². The van der Waals surface area contributed by atoms with E-state index in [9.17, 15) is 9.59 Å². The van der Waals surface area contributed by atoms with Crippen molar-refractivity contribution in [3.8, 4) is 0 Å². The van der Waals surface area contributed by atoms with Crippen LogP contribution in [-0.2, 0) is 16.1 Å². The lowest BCUT2D eigenvalue weighted by molar-refractivity contribution is -0.140. The van der Waals surface area contributed by atoms with Crippen LogP contribution in [-0.4, -0.2) is 39.1 Å². The normalized spacial score (nSPS) is 27.4. The molecule has 1 fully saturated rings. The standard InChI is InChI=1S/C11H11NO4/c13-10(14)8-9(11(15)16)12(8)6-7-4-2-1-3-5-7/h1-5,8-9H,6H2,(H,13,14)(H,15,16). The van der Waals surface area contributed by atoms with Gasteiger partial charge in [0, 0.05) is 6.54 Å². The molecular formula is C11H11NO4. The van der Waals surface area contributed by atoms with Crippen LogP contribution in [0.5, 0.6) is 0 Å². The van der Waals surface area contributed by atoms with Gasteiger partial charge in [-0.25, -0.2) is 0 Å². The lowest BCUT2D eigenvalue weighted by atomic mass is 10.2. The summed E-state index contributed by atoms with van der Waals surface area (Å²) < 4.78 is 0. The molecule has 0 bridgehead atoms. The summed E-state index contributed by atoms with van der Waals surface area (Å²) in [6, 6.07) is 7.44. The van der Waals surface area contributed by atoms with Crippen LogP contribution in [0.4, 0.5) is 0 Å². The second-order valence-corrected chi connectivity index (χ2v) is 3.72. The third kappa shape index (κ3) is 1.90. The van der Waals surface area contributed by atoms with Crippen LogP contribution in [0.1, 0.15) is 5.56 Å². The van der Waals surface area contributed by atoms with E-state index < -0.39 is 24.0 Å². The minimum absolute atomic E-state index is 0.356. The van der Waals surface area contributed by atoms with Gasteiger partial charge in [0.1, 0.15) is 12.1 Å². The van der Waals surface area contributed by atoms with E-state index in [1.54, 1.807) is 0 Å². The van der Waals surface area contributed by atoms with Gasteiger partial charge in [-0.3, -0.25) is 14.5 Å². The van der Waals surface area contributed by atoms with E-state index in [0.29, 0.717) is 6.54 Å². The van der Waals surface area contributed by atoms with E-state index in [2.05, 4.69) is 0 Å². The molecule has 16 heavy (non-hydrogen) atoms. The van der Waals surface area contributed by atoms with Gasteiger partial charge in [-0.1, -0.05) is 30.3 Å². The molecule has 2 atom stereocenters. The second-order valence-electron chi connectivity index (χ2n) is 3.72. The minimum Gasteiger partial charge on any atom is -0.480 e. The quantitative estimate of drug-likeness (QED) is 0.720. The summed E-state index contributed by atoms with van der Waals surface area (Å²) in [6.07, 6.45) is 0. The molecule has 0 radical (unpaired) electrons.